The Morgan fingerprint density at radius 2 is 2.27 bits per heavy atom. The number of carbonyl (C=O) groups excluding carboxylic acids is 1. The van der Waals surface area contributed by atoms with Crippen LogP contribution in [0.15, 0.2) is 12.3 Å². The number of nitrogens with zero attached hydrogens (tertiary/aromatic N) is 3. The minimum Gasteiger partial charge on any atom is -0.385 e. The van der Waals surface area contributed by atoms with Gasteiger partial charge in [0.15, 0.2) is 0 Å². The van der Waals surface area contributed by atoms with Gasteiger partial charge in [-0.2, -0.15) is 5.10 Å². The molecular formula is C16H25N3O3. The number of aryl methyl sites for hydroxylation is 1. The van der Waals surface area contributed by atoms with Gasteiger partial charge in [-0.1, -0.05) is 0 Å². The van der Waals surface area contributed by atoms with Gasteiger partial charge < -0.3 is 14.4 Å². The molecule has 0 N–H and O–H groups in total. The van der Waals surface area contributed by atoms with E-state index in [9.17, 15) is 4.79 Å². The van der Waals surface area contributed by atoms with Crippen LogP contribution in [0, 0.1) is 5.92 Å². The Kier molecular flexibility index (Phi) is 4.49. The Labute approximate surface area is 131 Å². The van der Waals surface area contributed by atoms with Crippen molar-refractivity contribution < 1.29 is 14.3 Å². The third-order valence-corrected chi connectivity index (χ3v) is 5.10. The number of amides is 1. The van der Waals surface area contributed by atoms with E-state index in [1.807, 2.05) is 11.9 Å². The van der Waals surface area contributed by atoms with Crippen molar-refractivity contribution in [2.24, 2.45) is 13.0 Å². The van der Waals surface area contributed by atoms with E-state index in [-0.39, 0.29) is 11.5 Å². The number of aromatic nitrogens is 2. The quantitative estimate of drug-likeness (QED) is 0.845. The largest absolute Gasteiger partial charge is 0.385 e. The molecule has 0 aliphatic carbocycles. The smallest absolute Gasteiger partial charge is 0.274 e. The molecule has 1 aromatic heterocycles. The van der Waals surface area contributed by atoms with Crippen LogP contribution in [-0.2, 0) is 16.5 Å². The van der Waals surface area contributed by atoms with E-state index < -0.39 is 0 Å². The molecule has 122 valence electrons. The van der Waals surface area contributed by atoms with Crippen molar-refractivity contribution in [2.45, 2.75) is 31.3 Å². The van der Waals surface area contributed by atoms with E-state index >= 15 is 0 Å². The van der Waals surface area contributed by atoms with E-state index in [1.165, 1.54) is 0 Å². The molecule has 0 saturated carbocycles. The second kappa shape index (κ2) is 6.38. The molecule has 0 aromatic carbocycles. The second-order valence-corrected chi connectivity index (χ2v) is 6.35. The van der Waals surface area contributed by atoms with Gasteiger partial charge in [0.25, 0.3) is 5.91 Å². The summed E-state index contributed by atoms with van der Waals surface area (Å²) in [5.41, 5.74) is 0.487. The molecule has 0 bridgehead atoms. The second-order valence-electron chi connectivity index (χ2n) is 6.35. The molecule has 1 unspecified atom stereocenters. The summed E-state index contributed by atoms with van der Waals surface area (Å²) in [7, 11) is 3.57. The minimum atomic E-state index is -0.0422. The van der Waals surface area contributed by atoms with Gasteiger partial charge in [0.05, 0.1) is 5.60 Å². The minimum absolute atomic E-state index is 0.0295. The summed E-state index contributed by atoms with van der Waals surface area (Å²) >= 11 is 0. The van der Waals surface area contributed by atoms with E-state index in [4.69, 9.17) is 9.47 Å². The zero-order chi connectivity index (χ0) is 15.6. The lowest BCUT2D eigenvalue weighted by atomic mass is 9.78. The fourth-order valence-electron chi connectivity index (χ4n) is 3.78. The molecule has 3 heterocycles. The molecule has 22 heavy (non-hydrogen) atoms. The molecule has 2 saturated heterocycles. The number of methoxy groups -OCH3 is 1. The van der Waals surface area contributed by atoms with Gasteiger partial charge >= 0.3 is 0 Å². The zero-order valence-corrected chi connectivity index (χ0v) is 13.5. The first-order valence-electron chi connectivity index (χ1n) is 8.06. The van der Waals surface area contributed by atoms with E-state index in [2.05, 4.69) is 5.10 Å². The Bertz CT molecular complexity index is 520. The van der Waals surface area contributed by atoms with Crippen LogP contribution in [0.5, 0.6) is 0 Å². The van der Waals surface area contributed by atoms with E-state index in [0.717, 1.165) is 52.0 Å². The molecule has 2 fully saturated rings. The fraction of sp³-hybridized carbons (Fsp3) is 0.750. The maximum atomic E-state index is 12.5. The van der Waals surface area contributed by atoms with E-state index in [1.54, 1.807) is 24.1 Å². The first kappa shape index (κ1) is 15.5. The summed E-state index contributed by atoms with van der Waals surface area (Å²) in [5.74, 6) is 0.585. The highest BCUT2D eigenvalue weighted by Crippen LogP contribution is 2.42. The number of hydrogen-bond donors (Lipinski definition) is 0. The van der Waals surface area contributed by atoms with Gasteiger partial charge in [-0.05, 0) is 37.7 Å². The Hall–Kier alpha value is -1.40. The standard InChI is InChI=1S/C16H25N3O3/c1-18-8-3-14(17-18)15(20)19-9-6-16(7-10-19)13(4-11-21-2)5-12-22-16/h3,8,13H,4-7,9-12H2,1-2H3. The lowest BCUT2D eigenvalue weighted by Gasteiger charge is -2.42. The first-order valence-corrected chi connectivity index (χ1v) is 8.06. The van der Waals surface area contributed by atoms with Gasteiger partial charge in [0, 0.05) is 46.7 Å². The van der Waals surface area contributed by atoms with Crippen molar-refractivity contribution in [3.8, 4) is 0 Å². The third kappa shape index (κ3) is 2.90. The predicted octanol–water partition coefficient (Wildman–Crippen LogP) is 1.47. The summed E-state index contributed by atoms with van der Waals surface area (Å²) in [6.07, 6.45) is 5.79. The van der Waals surface area contributed by atoms with Crippen LogP contribution in [0.1, 0.15) is 36.2 Å². The Balaban J connectivity index is 1.61. The molecule has 2 aliphatic rings. The molecular weight excluding hydrogens is 282 g/mol. The normalized spacial score (nSPS) is 24.1. The molecule has 1 aromatic rings. The van der Waals surface area contributed by atoms with E-state index in [0.29, 0.717) is 11.6 Å². The van der Waals surface area contributed by atoms with Crippen LogP contribution >= 0.6 is 0 Å². The van der Waals surface area contributed by atoms with Crippen molar-refractivity contribution >= 4 is 5.91 Å². The third-order valence-electron chi connectivity index (χ3n) is 5.10. The van der Waals surface area contributed by atoms with Crippen molar-refractivity contribution in [1.29, 1.82) is 0 Å². The summed E-state index contributed by atoms with van der Waals surface area (Å²) in [5, 5.41) is 4.21. The summed E-state index contributed by atoms with van der Waals surface area (Å²) < 4.78 is 13.0. The van der Waals surface area contributed by atoms with Gasteiger partial charge in [-0.25, -0.2) is 0 Å². The lowest BCUT2D eigenvalue weighted by Crippen LogP contribution is -2.49. The van der Waals surface area contributed by atoms with Gasteiger partial charge in [0.2, 0.25) is 0 Å². The van der Waals surface area contributed by atoms with Gasteiger partial charge in [-0.3, -0.25) is 9.48 Å². The van der Waals surface area contributed by atoms with Crippen LogP contribution in [0.25, 0.3) is 0 Å². The number of carbonyl (C=O) groups is 1. The highest BCUT2D eigenvalue weighted by Gasteiger charge is 2.46. The van der Waals surface area contributed by atoms with Crippen molar-refractivity contribution in [3.05, 3.63) is 18.0 Å². The lowest BCUT2D eigenvalue weighted by molar-refractivity contribution is -0.0662. The molecule has 2 aliphatic heterocycles. The number of piperidine rings is 1. The Morgan fingerprint density at radius 3 is 2.91 bits per heavy atom. The highest BCUT2D eigenvalue weighted by molar-refractivity contribution is 5.92. The fourth-order valence-corrected chi connectivity index (χ4v) is 3.78. The number of rotatable bonds is 4. The van der Waals surface area contributed by atoms with Crippen LogP contribution in [-0.4, -0.2) is 59.6 Å². The maximum Gasteiger partial charge on any atom is 0.274 e. The molecule has 6 nitrogen and oxygen atoms in total. The van der Waals surface area contributed by atoms with Gasteiger partial charge in [-0.15, -0.1) is 0 Å². The van der Waals surface area contributed by atoms with Gasteiger partial charge in [0.1, 0.15) is 5.69 Å². The van der Waals surface area contributed by atoms with Crippen molar-refractivity contribution in [2.75, 3.05) is 33.4 Å². The average Bonchev–Trinajstić information content (AvgIpc) is 3.12. The first-order chi connectivity index (χ1) is 10.6. The highest BCUT2D eigenvalue weighted by atomic mass is 16.5. The Morgan fingerprint density at radius 1 is 1.50 bits per heavy atom. The molecule has 3 rings (SSSR count). The summed E-state index contributed by atoms with van der Waals surface area (Å²) in [4.78, 5) is 14.4. The molecule has 1 amide bonds. The SMILES string of the molecule is COCCC1CCOC12CCN(C(=O)c1ccn(C)n1)CC2. The summed E-state index contributed by atoms with van der Waals surface area (Å²) in [6.45, 7) is 3.12. The van der Waals surface area contributed by atoms with Crippen LogP contribution in [0.4, 0.5) is 0 Å². The number of likely N-dealkylation sites (tertiary alicyclic amines) is 1. The van der Waals surface area contributed by atoms with Crippen molar-refractivity contribution in [3.63, 3.8) is 0 Å². The van der Waals surface area contributed by atoms with Crippen molar-refractivity contribution in [1.82, 2.24) is 14.7 Å². The molecule has 1 atom stereocenters. The molecule has 1 spiro atoms. The zero-order valence-electron chi connectivity index (χ0n) is 13.5. The van der Waals surface area contributed by atoms with Crippen LogP contribution in [0.3, 0.4) is 0 Å². The monoisotopic (exact) mass is 307 g/mol. The average molecular weight is 307 g/mol. The predicted molar refractivity (Wildman–Crippen MR) is 81.6 cm³/mol. The summed E-state index contributed by atoms with van der Waals surface area (Å²) in [6, 6.07) is 1.78. The van der Waals surface area contributed by atoms with Crippen LogP contribution in [0.2, 0.25) is 0 Å². The molecule has 6 heteroatoms. The topological polar surface area (TPSA) is 56.6 Å². The number of ether oxygens (including phenoxy) is 2. The van der Waals surface area contributed by atoms with Crippen LogP contribution < -0.4 is 0 Å². The maximum absolute atomic E-state index is 12.5. The molecule has 0 radical (unpaired) electrons. The number of hydrogen-bond acceptors (Lipinski definition) is 4.